The molecule has 1 aliphatic heterocycles. The van der Waals surface area contributed by atoms with Gasteiger partial charge in [0.05, 0.1) is 5.92 Å². The van der Waals surface area contributed by atoms with E-state index in [1.54, 1.807) is 4.90 Å². The topological polar surface area (TPSA) is 75.4 Å². The van der Waals surface area contributed by atoms with Gasteiger partial charge in [0.2, 0.25) is 5.91 Å². The van der Waals surface area contributed by atoms with Gasteiger partial charge in [0.1, 0.15) is 0 Å². The Morgan fingerprint density at radius 3 is 2.82 bits per heavy atom. The van der Waals surface area contributed by atoms with Crippen LogP contribution in [0.15, 0.2) is 0 Å². The predicted molar refractivity (Wildman–Crippen MR) is 66.4 cm³/mol. The van der Waals surface area contributed by atoms with Crippen molar-refractivity contribution in [2.75, 3.05) is 19.6 Å². The second-order valence-corrected chi connectivity index (χ2v) is 4.63. The lowest BCUT2D eigenvalue weighted by atomic mass is 9.98. The summed E-state index contributed by atoms with van der Waals surface area (Å²) in [5.74, 6) is -0.473. The van der Waals surface area contributed by atoms with Crippen molar-refractivity contribution in [1.29, 1.82) is 0 Å². The van der Waals surface area contributed by atoms with Crippen LogP contribution in [0.4, 0.5) is 4.79 Å². The van der Waals surface area contributed by atoms with Gasteiger partial charge in [-0.05, 0) is 19.3 Å². The van der Waals surface area contributed by atoms with Crippen molar-refractivity contribution >= 4 is 11.9 Å². The Labute approximate surface area is 103 Å². The van der Waals surface area contributed by atoms with Gasteiger partial charge >= 0.3 is 6.03 Å². The summed E-state index contributed by atoms with van der Waals surface area (Å²) in [7, 11) is 0. The Kier molecular flexibility index (Phi) is 5.80. The minimum Gasteiger partial charge on any atom is -0.369 e. The van der Waals surface area contributed by atoms with Gasteiger partial charge in [-0.15, -0.1) is 0 Å². The van der Waals surface area contributed by atoms with Gasteiger partial charge in [0, 0.05) is 19.6 Å². The monoisotopic (exact) mass is 241 g/mol. The van der Waals surface area contributed by atoms with Crippen LogP contribution >= 0.6 is 0 Å². The number of likely N-dealkylation sites (tertiary alicyclic amines) is 1. The van der Waals surface area contributed by atoms with Crippen LogP contribution in [0, 0.1) is 5.92 Å². The smallest absolute Gasteiger partial charge is 0.317 e. The fraction of sp³-hybridized carbons (Fsp3) is 0.833. The van der Waals surface area contributed by atoms with Crippen molar-refractivity contribution < 1.29 is 9.59 Å². The van der Waals surface area contributed by atoms with Gasteiger partial charge in [-0.3, -0.25) is 4.79 Å². The van der Waals surface area contributed by atoms with E-state index >= 15 is 0 Å². The first-order valence-electron chi connectivity index (χ1n) is 6.47. The number of hydrogen-bond acceptors (Lipinski definition) is 2. The van der Waals surface area contributed by atoms with E-state index in [1.165, 1.54) is 0 Å². The molecule has 98 valence electrons. The van der Waals surface area contributed by atoms with Crippen molar-refractivity contribution in [1.82, 2.24) is 10.2 Å². The lowest BCUT2D eigenvalue weighted by molar-refractivity contribution is -0.123. The van der Waals surface area contributed by atoms with Crippen LogP contribution in [0.5, 0.6) is 0 Å². The largest absolute Gasteiger partial charge is 0.369 e. The number of carbonyl (C=O) groups excluding carboxylic acids is 2. The van der Waals surface area contributed by atoms with Crippen LogP contribution in [0.25, 0.3) is 0 Å². The molecule has 3 N–H and O–H groups in total. The number of urea groups is 1. The standard InChI is InChI=1S/C12H23N3O2/c1-2-3-4-7-14-12(17)15-8-5-6-10(9-15)11(13)16/h10H,2-9H2,1H3,(H2,13,16)(H,14,17). The van der Waals surface area contributed by atoms with Gasteiger partial charge in [-0.25, -0.2) is 4.79 Å². The van der Waals surface area contributed by atoms with E-state index in [9.17, 15) is 9.59 Å². The molecule has 17 heavy (non-hydrogen) atoms. The van der Waals surface area contributed by atoms with Gasteiger partial charge in [-0.1, -0.05) is 19.8 Å². The van der Waals surface area contributed by atoms with Crippen LogP contribution in [-0.2, 0) is 4.79 Å². The summed E-state index contributed by atoms with van der Waals surface area (Å²) in [4.78, 5) is 24.6. The molecule has 0 aromatic rings. The highest BCUT2D eigenvalue weighted by Gasteiger charge is 2.26. The molecule has 0 bridgehead atoms. The van der Waals surface area contributed by atoms with E-state index in [0.717, 1.165) is 38.6 Å². The number of carbonyl (C=O) groups is 2. The summed E-state index contributed by atoms with van der Waals surface area (Å²) in [6.07, 6.45) is 4.94. The third-order valence-corrected chi connectivity index (χ3v) is 3.17. The Morgan fingerprint density at radius 1 is 1.41 bits per heavy atom. The van der Waals surface area contributed by atoms with Gasteiger partial charge < -0.3 is 16.0 Å². The first kappa shape index (κ1) is 13.8. The number of nitrogens with zero attached hydrogens (tertiary/aromatic N) is 1. The van der Waals surface area contributed by atoms with E-state index < -0.39 is 0 Å². The summed E-state index contributed by atoms with van der Waals surface area (Å²) in [5, 5.41) is 2.88. The van der Waals surface area contributed by atoms with E-state index in [0.29, 0.717) is 13.1 Å². The van der Waals surface area contributed by atoms with Gasteiger partial charge in [-0.2, -0.15) is 0 Å². The fourth-order valence-corrected chi connectivity index (χ4v) is 2.08. The summed E-state index contributed by atoms with van der Waals surface area (Å²) in [5.41, 5.74) is 5.27. The van der Waals surface area contributed by atoms with Crippen LogP contribution in [0.3, 0.4) is 0 Å². The number of piperidine rings is 1. The average molecular weight is 241 g/mol. The summed E-state index contributed by atoms with van der Waals surface area (Å²) in [6.45, 7) is 4.03. The molecule has 1 atom stereocenters. The second kappa shape index (κ2) is 7.14. The molecule has 1 rings (SSSR count). The van der Waals surface area contributed by atoms with E-state index in [4.69, 9.17) is 5.73 Å². The highest BCUT2D eigenvalue weighted by Crippen LogP contribution is 2.15. The number of hydrogen-bond donors (Lipinski definition) is 2. The highest BCUT2D eigenvalue weighted by molar-refractivity contribution is 5.79. The number of rotatable bonds is 5. The average Bonchev–Trinajstić information content (AvgIpc) is 2.34. The SMILES string of the molecule is CCCCCNC(=O)N1CCCC(C(N)=O)C1. The molecule has 1 heterocycles. The fourth-order valence-electron chi connectivity index (χ4n) is 2.08. The molecule has 1 aliphatic rings. The van der Waals surface area contributed by atoms with Crippen molar-refractivity contribution in [3.05, 3.63) is 0 Å². The number of nitrogens with two attached hydrogens (primary N) is 1. The Balaban J connectivity index is 2.28. The highest BCUT2D eigenvalue weighted by atomic mass is 16.2. The molecule has 1 unspecified atom stereocenters. The van der Waals surface area contributed by atoms with Crippen molar-refractivity contribution in [3.63, 3.8) is 0 Å². The maximum Gasteiger partial charge on any atom is 0.317 e. The summed E-state index contributed by atoms with van der Waals surface area (Å²) in [6, 6.07) is -0.0629. The van der Waals surface area contributed by atoms with Gasteiger partial charge in [0.15, 0.2) is 0 Å². The van der Waals surface area contributed by atoms with Crippen molar-refractivity contribution in [3.8, 4) is 0 Å². The van der Waals surface area contributed by atoms with E-state index in [1.807, 2.05) is 0 Å². The van der Waals surface area contributed by atoms with Crippen molar-refractivity contribution in [2.45, 2.75) is 39.0 Å². The van der Waals surface area contributed by atoms with Crippen LogP contribution in [0.2, 0.25) is 0 Å². The molecule has 1 saturated heterocycles. The molecule has 0 saturated carbocycles. The lowest BCUT2D eigenvalue weighted by Crippen LogP contribution is -2.48. The quantitative estimate of drug-likeness (QED) is 0.707. The molecule has 5 nitrogen and oxygen atoms in total. The van der Waals surface area contributed by atoms with E-state index in [2.05, 4.69) is 12.2 Å². The zero-order chi connectivity index (χ0) is 12.7. The zero-order valence-corrected chi connectivity index (χ0v) is 10.6. The van der Waals surface area contributed by atoms with Crippen LogP contribution in [0.1, 0.15) is 39.0 Å². The molecule has 0 aromatic heterocycles. The summed E-state index contributed by atoms with van der Waals surface area (Å²) < 4.78 is 0. The number of primary amides is 1. The minimum absolute atomic E-state index is 0.0629. The Bertz CT molecular complexity index is 268. The predicted octanol–water partition coefficient (Wildman–Crippen LogP) is 1.08. The Hall–Kier alpha value is -1.26. The number of amides is 3. The summed E-state index contributed by atoms with van der Waals surface area (Å²) >= 11 is 0. The molecule has 0 spiro atoms. The number of nitrogens with one attached hydrogen (secondary N) is 1. The lowest BCUT2D eigenvalue weighted by Gasteiger charge is -2.31. The molecular weight excluding hydrogens is 218 g/mol. The molecule has 0 aliphatic carbocycles. The maximum absolute atomic E-state index is 11.8. The third kappa shape index (κ3) is 4.63. The third-order valence-electron chi connectivity index (χ3n) is 3.17. The first-order chi connectivity index (χ1) is 8.15. The van der Waals surface area contributed by atoms with E-state index in [-0.39, 0.29) is 17.9 Å². The van der Waals surface area contributed by atoms with Crippen LogP contribution < -0.4 is 11.1 Å². The molecular formula is C12H23N3O2. The molecule has 0 radical (unpaired) electrons. The zero-order valence-electron chi connectivity index (χ0n) is 10.6. The molecule has 3 amide bonds. The second-order valence-electron chi connectivity index (χ2n) is 4.63. The first-order valence-corrected chi connectivity index (χ1v) is 6.47. The molecule has 5 heteroatoms. The van der Waals surface area contributed by atoms with Gasteiger partial charge in [0.25, 0.3) is 0 Å². The Morgan fingerprint density at radius 2 is 2.18 bits per heavy atom. The van der Waals surface area contributed by atoms with Crippen LogP contribution in [-0.4, -0.2) is 36.5 Å². The molecule has 0 aromatic carbocycles. The minimum atomic E-state index is -0.298. The van der Waals surface area contributed by atoms with Crippen molar-refractivity contribution in [2.24, 2.45) is 11.7 Å². The normalized spacial score (nSPS) is 20.1. The number of unbranched alkanes of at least 4 members (excludes halogenated alkanes) is 2. The maximum atomic E-state index is 11.8. The molecule has 1 fully saturated rings.